The molecule has 0 aliphatic carbocycles. The summed E-state index contributed by atoms with van der Waals surface area (Å²) < 4.78 is 5.12. The van der Waals surface area contributed by atoms with Crippen molar-refractivity contribution in [3.63, 3.8) is 0 Å². The first kappa shape index (κ1) is 16.0. The molecule has 0 aliphatic heterocycles. The molecule has 0 amide bonds. The van der Waals surface area contributed by atoms with E-state index in [0.29, 0.717) is 18.9 Å². The minimum atomic E-state index is -0.0906. The zero-order valence-corrected chi connectivity index (χ0v) is 11.9. The Kier molecular flexibility index (Phi) is 8.47. The molecule has 1 atom stereocenters. The molecule has 0 fully saturated rings. The van der Waals surface area contributed by atoms with Gasteiger partial charge in [0.05, 0.1) is 0 Å². The number of esters is 1. The van der Waals surface area contributed by atoms with Gasteiger partial charge in [0.15, 0.2) is 0 Å². The Morgan fingerprint density at radius 1 is 1.12 bits per heavy atom. The Balaban J connectivity index is 3.73. The molecule has 0 heterocycles. The lowest BCUT2D eigenvalue weighted by Gasteiger charge is -2.09. The average molecular weight is 238 g/mol. The Bertz CT molecular complexity index is 279. The molecule has 0 saturated heterocycles. The minimum Gasteiger partial charge on any atom is -0.461 e. The molecule has 98 valence electrons. The lowest BCUT2D eigenvalue weighted by molar-refractivity contribution is -0.143. The van der Waals surface area contributed by atoms with Crippen LogP contribution in [0.15, 0.2) is 23.3 Å². The summed E-state index contributed by atoms with van der Waals surface area (Å²) in [6.07, 6.45) is 6.75. The highest BCUT2D eigenvalue weighted by molar-refractivity contribution is 5.69. The van der Waals surface area contributed by atoms with Gasteiger partial charge >= 0.3 is 5.97 Å². The van der Waals surface area contributed by atoms with Crippen LogP contribution in [-0.4, -0.2) is 12.6 Å². The third-order valence-corrected chi connectivity index (χ3v) is 2.46. The fraction of sp³-hybridized carbons (Fsp3) is 0.667. The van der Waals surface area contributed by atoms with Crippen molar-refractivity contribution in [1.29, 1.82) is 0 Å². The summed E-state index contributed by atoms with van der Waals surface area (Å²) in [6, 6.07) is 0. The van der Waals surface area contributed by atoms with Crippen LogP contribution in [0.2, 0.25) is 0 Å². The molecule has 0 saturated carbocycles. The Hall–Kier alpha value is -1.05. The second-order valence-electron chi connectivity index (χ2n) is 5.13. The molecular weight excluding hydrogens is 212 g/mol. The third-order valence-electron chi connectivity index (χ3n) is 2.46. The number of hydrogen-bond acceptors (Lipinski definition) is 2. The summed E-state index contributed by atoms with van der Waals surface area (Å²) in [7, 11) is 0. The maximum atomic E-state index is 11.5. The molecule has 17 heavy (non-hydrogen) atoms. The summed E-state index contributed by atoms with van der Waals surface area (Å²) in [5.41, 5.74) is 2.51. The van der Waals surface area contributed by atoms with E-state index in [1.165, 1.54) is 11.1 Å². The van der Waals surface area contributed by atoms with Crippen molar-refractivity contribution in [2.45, 2.75) is 53.9 Å². The largest absolute Gasteiger partial charge is 0.461 e. The predicted molar refractivity (Wildman–Crippen MR) is 72.8 cm³/mol. The van der Waals surface area contributed by atoms with Crippen LogP contribution in [0.4, 0.5) is 0 Å². The molecule has 0 radical (unpaired) electrons. The highest BCUT2D eigenvalue weighted by Gasteiger charge is 2.08. The van der Waals surface area contributed by atoms with Crippen LogP contribution < -0.4 is 0 Å². The van der Waals surface area contributed by atoms with E-state index in [1.807, 2.05) is 19.9 Å². The number of rotatable bonds is 7. The lowest BCUT2D eigenvalue weighted by Crippen LogP contribution is -2.09. The molecule has 0 N–H and O–H groups in total. The van der Waals surface area contributed by atoms with Crippen LogP contribution in [0.3, 0.4) is 0 Å². The van der Waals surface area contributed by atoms with E-state index in [2.05, 4.69) is 26.8 Å². The number of allylic oxidation sites excluding steroid dienone is 3. The quantitative estimate of drug-likeness (QED) is 0.489. The minimum absolute atomic E-state index is 0.0906. The molecule has 0 rings (SSSR count). The summed E-state index contributed by atoms with van der Waals surface area (Å²) in [5.74, 6) is 0.303. The van der Waals surface area contributed by atoms with Gasteiger partial charge in [-0.25, -0.2) is 0 Å². The van der Waals surface area contributed by atoms with Crippen LogP contribution in [-0.2, 0) is 9.53 Å². The Morgan fingerprint density at radius 3 is 2.24 bits per heavy atom. The normalized spacial score (nSPS) is 11.6. The second-order valence-corrected chi connectivity index (χ2v) is 5.13. The molecule has 2 heteroatoms. The number of ether oxygens (including phenoxy) is 1. The molecule has 0 aromatic heterocycles. The molecule has 0 spiro atoms. The number of carbonyl (C=O) groups is 1. The van der Waals surface area contributed by atoms with Gasteiger partial charge in [-0.05, 0) is 52.5 Å². The molecule has 2 nitrogen and oxygen atoms in total. The average Bonchev–Trinajstić information content (AvgIpc) is 2.15. The van der Waals surface area contributed by atoms with E-state index in [-0.39, 0.29) is 5.97 Å². The van der Waals surface area contributed by atoms with Crippen molar-refractivity contribution in [2.75, 3.05) is 6.61 Å². The first-order valence-electron chi connectivity index (χ1n) is 6.34. The van der Waals surface area contributed by atoms with Crippen LogP contribution >= 0.6 is 0 Å². The maximum absolute atomic E-state index is 11.5. The molecule has 0 aromatic rings. The Labute approximate surface area is 106 Å². The third kappa shape index (κ3) is 11.2. The summed E-state index contributed by atoms with van der Waals surface area (Å²) in [5, 5.41) is 0. The summed E-state index contributed by atoms with van der Waals surface area (Å²) in [4.78, 5) is 11.5. The van der Waals surface area contributed by atoms with Crippen molar-refractivity contribution in [3.8, 4) is 0 Å². The van der Waals surface area contributed by atoms with Gasteiger partial charge in [-0.1, -0.05) is 24.1 Å². The van der Waals surface area contributed by atoms with Gasteiger partial charge in [0, 0.05) is 6.42 Å². The Morgan fingerprint density at radius 2 is 1.71 bits per heavy atom. The maximum Gasteiger partial charge on any atom is 0.306 e. The van der Waals surface area contributed by atoms with Gasteiger partial charge in [-0.2, -0.15) is 0 Å². The first-order valence-corrected chi connectivity index (χ1v) is 6.34. The van der Waals surface area contributed by atoms with E-state index < -0.39 is 0 Å². The second kappa shape index (κ2) is 9.03. The van der Waals surface area contributed by atoms with Gasteiger partial charge in [-0.15, -0.1) is 0 Å². The van der Waals surface area contributed by atoms with Gasteiger partial charge in [0.25, 0.3) is 0 Å². The summed E-state index contributed by atoms with van der Waals surface area (Å²) in [6.45, 7) is 10.7. The highest BCUT2D eigenvalue weighted by Crippen LogP contribution is 2.12. The van der Waals surface area contributed by atoms with Crippen molar-refractivity contribution >= 4 is 5.97 Å². The molecule has 1 unspecified atom stereocenters. The van der Waals surface area contributed by atoms with Crippen molar-refractivity contribution in [3.05, 3.63) is 23.3 Å². The van der Waals surface area contributed by atoms with Crippen LogP contribution in [0.1, 0.15) is 53.9 Å². The van der Waals surface area contributed by atoms with E-state index in [9.17, 15) is 4.79 Å². The van der Waals surface area contributed by atoms with Crippen LogP contribution in [0.5, 0.6) is 0 Å². The van der Waals surface area contributed by atoms with E-state index in [1.54, 1.807) is 0 Å². The van der Waals surface area contributed by atoms with Crippen molar-refractivity contribution < 1.29 is 9.53 Å². The smallest absolute Gasteiger partial charge is 0.306 e. The van der Waals surface area contributed by atoms with Crippen LogP contribution in [0, 0.1) is 5.92 Å². The zero-order chi connectivity index (χ0) is 13.3. The molecule has 0 bridgehead atoms. The van der Waals surface area contributed by atoms with E-state index in [0.717, 1.165) is 12.8 Å². The topological polar surface area (TPSA) is 26.3 Å². The zero-order valence-electron chi connectivity index (χ0n) is 11.9. The lowest BCUT2D eigenvalue weighted by atomic mass is 10.0. The van der Waals surface area contributed by atoms with E-state index in [4.69, 9.17) is 4.74 Å². The van der Waals surface area contributed by atoms with Crippen molar-refractivity contribution in [1.82, 2.24) is 0 Å². The number of carbonyl (C=O) groups excluding carboxylic acids is 1. The van der Waals surface area contributed by atoms with Crippen LogP contribution in [0.25, 0.3) is 0 Å². The van der Waals surface area contributed by atoms with E-state index >= 15 is 0 Å². The van der Waals surface area contributed by atoms with Gasteiger partial charge in [0.2, 0.25) is 0 Å². The molecule has 0 aliphatic rings. The van der Waals surface area contributed by atoms with Crippen molar-refractivity contribution in [2.24, 2.45) is 5.92 Å². The SMILES string of the molecule is CC(C)=CCCC(C)CC(=O)OCC=C(C)C. The van der Waals surface area contributed by atoms with Gasteiger partial charge in [0.1, 0.15) is 6.61 Å². The monoisotopic (exact) mass is 238 g/mol. The standard InChI is InChI=1S/C15H26O2/c1-12(2)7-6-8-14(5)11-15(16)17-10-9-13(3)4/h7,9,14H,6,8,10-11H2,1-5H3. The fourth-order valence-corrected chi connectivity index (χ4v) is 1.40. The predicted octanol–water partition coefficient (Wildman–Crippen LogP) is 4.27. The fourth-order valence-electron chi connectivity index (χ4n) is 1.40. The molecular formula is C15H26O2. The number of hydrogen-bond donors (Lipinski definition) is 0. The van der Waals surface area contributed by atoms with Gasteiger partial charge in [-0.3, -0.25) is 4.79 Å². The molecule has 0 aromatic carbocycles. The van der Waals surface area contributed by atoms with Gasteiger partial charge < -0.3 is 4.74 Å². The highest BCUT2D eigenvalue weighted by atomic mass is 16.5. The summed E-state index contributed by atoms with van der Waals surface area (Å²) >= 11 is 0. The first-order chi connectivity index (χ1) is 7.91.